The Balaban J connectivity index is 1.66. The lowest BCUT2D eigenvalue weighted by Crippen LogP contribution is -2.28. The largest absolute Gasteiger partial charge is 0.384 e. The van der Waals surface area contributed by atoms with Crippen LogP contribution in [-0.4, -0.2) is 32.6 Å². The smallest absolute Gasteiger partial charge is 0.100 e. The Morgan fingerprint density at radius 2 is 1.67 bits per heavy atom. The van der Waals surface area contributed by atoms with Gasteiger partial charge in [0.1, 0.15) is 6.17 Å². The van der Waals surface area contributed by atoms with E-state index in [-0.39, 0.29) is 0 Å². The maximum absolute atomic E-state index is 13.3. The van der Waals surface area contributed by atoms with Crippen molar-refractivity contribution < 1.29 is 13.9 Å². The minimum Gasteiger partial charge on any atom is -0.384 e. The van der Waals surface area contributed by atoms with Gasteiger partial charge < -0.3 is 9.47 Å². The van der Waals surface area contributed by atoms with Crippen LogP contribution in [0.5, 0.6) is 0 Å². The zero-order chi connectivity index (χ0) is 12.8. The van der Waals surface area contributed by atoms with Gasteiger partial charge in [-0.2, -0.15) is 0 Å². The molecule has 0 aromatic carbocycles. The third-order valence-electron chi connectivity index (χ3n) is 4.42. The van der Waals surface area contributed by atoms with E-state index in [1.54, 1.807) is 7.11 Å². The Morgan fingerprint density at radius 3 is 2.39 bits per heavy atom. The van der Waals surface area contributed by atoms with Crippen LogP contribution in [0, 0.1) is 11.8 Å². The van der Waals surface area contributed by atoms with Gasteiger partial charge in [0.05, 0.1) is 6.10 Å². The molecule has 0 aromatic rings. The average molecular weight is 258 g/mol. The third kappa shape index (κ3) is 4.51. The number of methoxy groups -OCH3 is 1. The topological polar surface area (TPSA) is 18.5 Å². The van der Waals surface area contributed by atoms with Crippen molar-refractivity contribution in [3.63, 3.8) is 0 Å². The molecule has 0 saturated heterocycles. The molecule has 18 heavy (non-hydrogen) atoms. The molecule has 0 spiro atoms. The molecule has 4 unspecified atom stereocenters. The summed E-state index contributed by atoms with van der Waals surface area (Å²) in [4.78, 5) is 0. The predicted molar refractivity (Wildman–Crippen MR) is 70.4 cm³/mol. The number of rotatable bonds is 5. The summed E-state index contributed by atoms with van der Waals surface area (Å²) in [5.74, 6) is 1.12. The monoisotopic (exact) mass is 258 g/mol. The molecule has 0 amide bonds. The van der Waals surface area contributed by atoms with Crippen molar-refractivity contribution in [2.75, 3.05) is 20.3 Å². The molecule has 2 rings (SSSR count). The summed E-state index contributed by atoms with van der Waals surface area (Å²) in [6.45, 7) is 1.63. The van der Waals surface area contributed by atoms with E-state index in [2.05, 4.69) is 0 Å². The first-order chi connectivity index (χ1) is 8.78. The molecule has 2 fully saturated rings. The van der Waals surface area contributed by atoms with Crippen LogP contribution in [-0.2, 0) is 9.47 Å². The van der Waals surface area contributed by atoms with E-state index in [0.29, 0.717) is 24.4 Å². The summed E-state index contributed by atoms with van der Waals surface area (Å²) < 4.78 is 24.5. The SMILES string of the molecule is COCC1CCCC(OCC2CCCC(F)C2)C1. The molecule has 106 valence electrons. The van der Waals surface area contributed by atoms with Crippen molar-refractivity contribution in [2.24, 2.45) is 11.8 Å². The summed E-state index contributed by atoms with van der Waals surface area (Å²) in [5, 5.41) is 0. The first-order valence-corrected chi connectivity index (χ1v) is 7.52. The summed E-state index contributed by atoms with van der Waals surface area (Å²) in [6, 6.07) is 0. The molecule has 0 radical (unpaired) electrons. The molecule has 0 aliphatic heterocycles. The second-order valence-corrected chi connectivity index (χ2v) is 6.07. The van der Waals surface area contributed by atoms with E-state index in [1.165, 1.54) is 19.3 Å². The van der Waals surface area contributed by atoms with Gasteiger partial charge in [0.25, 0.3) is 0 Å². The van der Waals surface area contributed by atoms with Crippen molar-refractivity contribution in [3.8, 4) is 0 Å². The van der Waals surface area contributed by atoms with Crippen molar-refractivity contribution in [1.29, 1.82) is 0 Å². The van der Waals surface area contributed by atoms with E-state index in [0.717, 1.165) is 38.9 Å². The number of halogens is 1. The van der Waals surface area contributed by atoms with Gasteiger partial charge in [-0.25, -0.2) is 4.39 Å². The number of hydrogen-bond donors (Lipinski definition) is 0. The highest BCUT2D eigenvalue weighted by atomic mass is 19.1. The van der Waals surface area contributed by atoms with Gasteiger partial charge in [-0.05, 0) is 50.4 Å². The van der Waals surface area contributed by atoms with Crippen LogP contribution in [0.1, 0.15) is 51.4 Å². The number of hydrogen-bond acceptors (Lipinski definition) is 2. The van der Waals surface area contributed by atoms with E-state index >= 15 is 0 Å². The highest BCUT2D eigenvalue weighted by Gasteiger charge is 2.25. The molecule has 2 nitrogen and oxygen atoms in total. The van der Waals surface area contributed by atoms with E-state index in [9.17, 15) is 4.39 Å². The van der Waals surface area contributed by atoms with Gasteiger partial charge in [0.15, 0.2) is 0 Å². The fourth-order valence-corrected chi connectivity index (χ4v) is 3.43. The predicted octanol–water partition coefficient (Wildman–Crippen LogP) is 3.74. The van der Waals surface area contributed by atoms with Crippen LogP contribution in [0.3, 0.4) is 0 Å². The van der Waals surface area contributed by atoms with E-state index in [4.69, 9.17) is 9.47 Å². The first kappa shape index (κ1) is 14.3. The first-order valence-electron chi connectivity index (χ1n) is 7.52. The average Bonchev–Trinajstić information content (AvgIpc) is 2.37. The second kappa shape index (κ2) is 7.44. The van der Waals surface area contributed by atoms with Crippen LogP contribution < -0.4 is 0 Å². The zero-order valence-electron chi connectivity index (χ0n) is 11.6. The minimum absolute atomic E-state index is 0.388. The van der Waals surface area contributed by atoms with E-state index in [1.807, 2.05) is 0 Å². The molecule has 2 aliphatic carbocycles. The van der Waals surface area contributed by atoms with Gasteiger partial charge in [-0.15, -0.1) is 0 Å². The fraction of sp³-hybridized carbons (Fsp3) is 1.00. The van der Waals surface area contributed by atoms with Crippen molar-refractivity contribution >= 4 is 0 Å². The molecule has 2 aliphatic rings. The van der Waals surface area contributed by atoms with Gasteiger partial charge in [0.2, 0.25) is 0 Å². The molecule has 3 heteroatoms. The fourth-order valence-electron chi connectivity index (χ4n) is 3.43. The van der Waals surface area contributed by atoms with Gasteiger partial charge in [-0.1, -0.05) is 12.8 Å². The van der Waals surface area contributed by atoms with Crippen LogP contribution in [0.15, 0.2) is 0 Å². The maximum atomic E-state index is 13.3. The molecule has 4 atom stereocenters. The third-order valence-corrected chi connectivity index (χ3v) is 4.42. The van der Waals surface area contributed by atoms with E-state index < -0.39 is 6.17 Å². The molecular formula is C15H27FO2. The summed E-state index contributed by atoms with van der Waals surface area (Å²) in [7, 11) is 1.77. The van der Waals surface area contributed by atoms with Crippen molar-refractivity contribution in [1.82, 2.24) is 0 Å². The Kier molecular flexibility index (Phi) is 5.90. The van der Waals surface area contributed by atoms with Gasteiger partial charge >= 0.3 is 0 Å². The van der Waals surface area contributed by atoms with Crippen molar-refractivity contribution in [2.45, 2.75) is 63.6 Å². The number of ether oxygens (including phenoxy) is 2. The van der Waals surface area contributed by atoms with Crippen LogP contribution >= 0.6 is 0 Å². The lowest BCUT2D eigenvalue weighted by molar-refractivity contribution is -0.0256. The molecule has 0 aromatic heterocycles. The van der Waals surface area contributed by atoms with Crippen LogP contribution in [0.2, 0.25) is 0 Å². The lowest BCUT2D eigenvalue weighted by atomic mass is 9.86. The minimum atomic E-state index is -0.583. The quantitative estimate of drug-likeness (QED) is 0.748. The molecular weight excluding hydrogens is 231 g/mol. The summed E-state index contributed by atoms with van der Waals surface area (Å²) in [5.41, 5.74) is 0. The Morgan fingerprint density at radius 1 is 0.944 bits per heavy atom. The maximum Gasteiger partial charge on any atom is 0.100 e. The van der Waals surface area contributed by atoms with Gasteiger partial charge in [0, 0.05) is 20.3 Å². The summed E-state index contributed by atoms with van der Waals surface area (Å²) >= 11 is 0. The Labute approximate surface area is 110 Å². The highest BCUT2D eigenvalue weighted by molar-refractivity contribution is 4.76. The van der Waals surface area contributed by atoms with Crippen molar-refractivity contribution in [3.05, 3.63) is 0 Å². The standard InChI is InChI=1S/C15H27FO2/c1-17-10-13-5-3-7-15(9-13)18-11-12-4-2-6-14(16)8-12/h12-15H,2-11H2,1H3. The highest BCUT2D eigenvalue weighted by Crippen LogP contribution is 2.30. The van der Waals surface area contributed by atoms with Crippen LogP contribution in [0.4, 0.5) is 4.39 Å². The molecule has 2 saturated carbocycles. The molecule has 0 heterocycles. The zero-order valence-corrected chi connectivity index (χ0v) is 11.6. The van der Waals surface area contributed by atoms with Gasteiger partial charge in [-0.3, -0.25) is 0 Å². The Hall–Kier alpha value is -0.150. The lowest BCUT2D eigenvalue weighted by Gasteiger charge is -2.31. The Bertz CT molecular complexity index is 233. The second-order valence-electron chi connectivity index (χ2n) is 6.07. The summed E-state index contributed by atoms with van der Waals surface area (Å²) in [6.07, 6.45) is 8.27. The van der Waals surface area contributed by atoms with Crippen LogP contribution in [0.25, 0.3) is 0 Å². The molecule has 0 bridgehead atoms. The number of alkyl halides is 1. The normalized spacial score (nSPS) is 37.7. The molecule has 0 N–H and O–H groups in total.